The summed E-state index contributed by atoms with van der Waals surface area (Å²) >= 11 is 5.81. The Hall–Kier alpha value is -0.640. The number of likely N-dealkylation sites (tertiary alicyclic amines) is 1. The minimum atomic E-state index is -0.311. The van der Waals surface area contributed by atoms with Gasteiger partial charge in [0.15, 0.2) is 0 Å². The lowest BCUT2D eigenvalue weighted by Crippen LogP contribution is -2.42. The number of hydrogen-bond donors (Lipinski definition) is 1. The molecular formula is C16H24ClFN2. The standard InChI is InChI=1S/C16H24ClFN2/c1-3-8-20-9-4-5-13(11-19-2)16(20)12-6-7-14(17)15(18)10-12/h6-7,10,13,16,19H,3-5,8-9,11H2,1-2H3. The van der Waals surface area contributed by atoms with Crippen molar-refractivity contribution in [3.8, 4) is 0 Å². The van der Waals surface area contributed by atoms with E-state index in [0.29, 0.717) is 12.0 Å². The summed E-state index contributed by atoms with van der Waals surface area (Å²) in [7, 11) is 1.98. The Kier molecular flexibility index (Phi) is 5.82. The predicted octanol–water partition coefficient (Wildman–Crippen LogP) is 3.86. The van der Waals surface area contributed by atoms with E-state index in [-0.39, 0.29) is 10.8 Å². The van der Waals surface area contributed by atoms with Crippen LogP contribution in [0, 0.1) is 11.7 Å². The highest BCUT2D eigenvalue weighted by molar-refractivity contribution is 6.30. The van der Waals surface area contributed by atoms with Gasteiger partial charge in [0.1, 0.15) is 5.82 Å². The third kappa shape index (κ3) is 3.51. The number of nitrogens with zero attached hydrogens (tertiary/aromatic N) is 1. The number of rotatable bonds is 5. The van der Waals surface area contributed by atoms with Gasteiger partial charge >= 0.3 is 0 Å². The van der Waals surface area contributed by atoms with Gasteiger partial charge in [-0.1, -0.05) is 24.6 Å². The first-order valence-electron chi connectivity index (χ1n) is 7.51. The summed E-state index contributed by atoms with van der Waals surface area (Å²) in [6, 6.07) is 5.57. The zero-order chi connectivity index (χ0) is 14.5. The molecule has 1 fully saturated rings. The van der Waals surface area contributed by atoms with E-state index in [1.165, 1.54) is 12.8 Å². The zero-order valence-corrected chi connectivity index (χ0v) is 13.1. The average molecular weight is 299 g/mol. The molecule has 0 bridgehead atoms. The molecule has 4 heteroatoms. The predicted molar refractivity (Wildman–Crippen MR) is 82.7 cm³/mol. The van der Waals surface area contributed by atoms with Gasteiger partial charge in [-0.2, -0.15) is 0 Å². The third-order valence-corrected chi connectivity index (χ3v) is 4.43. The maximum atomic E-state index is 13.8. The molecule has 1 heterocycles. The van der Waals surface area contributed by atoms with Crippen LogP contribution in [-0.2, 0) is 0 Å². The quantitative estimate of drug-likeness (QED) is 0.888. The maximum absolute atomic E-state index is 13.8. The first-order chi connectivity index (χ1) is 9.67. The van der Waals surface area contributed by atoms with E-state index in [9.17, 15) is 4.39 Å². The maximum Gasteiger partial charge on any atom is 0.142 e. The number of halogens is 2. The summed E-state index contributed by atoms with van der Waals surface area (Å²) in [5, 5.41) is 3.48. The van der Waals surface area contributed by atoms with Crippen molar-refractivity contribution in [3.63, 3.8) is 0 Å². The molecule has 0 amide bonds. The van der Waals surface area contributed by atoms with Crippen molar-refractivity contribution in [2.24, 2.45) is 5.92 Å². The molecule has 2 rings (SSSR count). The molecule has 0 radical (unpaired) electrons. The Bertz CT molecular complexity index is 420. The van der Waals surface area contributed by atoms with Crippen molar-refractivity contribution in [3.05, 3.63) is 34.6 Å². The smallest absolute Gasteiger partial charge is 0.142 e. The van der Waals surface area contributed by atoms with Gasteiger partial charge in [-0.15, -0.1) is 0 Å². The van der Waals surface area contributed by atoms with Crippen molar-refractivity contribution >= 4 is 11.6 Å². The second kappa shape index (κ2) is 7.39. The summed E-state index contributed by atoms with van der Waals surface area (Å²) in [5.74, 6) is 0.218. The Morgan fingerprint density at radius 2 is 2.25 bits per heavy atom. The van der Waals surface area contributed by atoms with Crippen LogP contribution >= 0.6 is 11.6 Å². The molecule has 1 aliphatic rings. The summed E-state index contributed by atoms with van der Waals surface area (Å²) in [5.41, 5.74) is 1.06. The van der Waals surface area contributed by atoms with Crippen molar-refractivity contribution in [2.45, 2.75) is 32.2 Å². The highest BCUT2D eigenvalue weighted by Gasteiger charge is 2.32. The highest BCUT2D eigenvalue weighted by atomic mass is 35.5. The monoisotopic (exact) mass is 298 g/mol. The average Bonchev–Trinajstić information content (AvgIpc) is 2.43. The Balaban J connectivity index is 2.29. The van der Waals surface area contributed by atoms with Crippen LogP contribution in [-0.4, -0.2) is 31.6 Å². The summed E-state index contributed by atoms with van der Waals surface area (Å²) in [6.45, 7) is 5.33. The molecule has 1 aromatic rings. The topological polar surface area (TPSA) is 15.3 Å². The molecule has 0 aromatic heterocycles. The fourth-order valence-electron chi connectivity index (χ4n) is 3.34. The van der Waals surface area contributed by atoms with Gasteiger partial charge in [-0.3, -0.25) is 4.90 Å². The van der Waals surface area contributed by atoms with Crippen LogP contribution in [0.5, 0.6) is 0 Å². The minimum absolute atomic E-state index is 0.205. The summed E-state index contributed by atoms with van der Waals surface area (Å²) in [6.07, 6.45) is 3.54. The molecule has 0 aliphatic carbocycles. The van der Waals surface area contributed by atoms with Crippen LogP contribution in [0.4, 0.5) is 4.39 Å². The van der Waals surface area contributed by atoms with Crippen LogP contribution in [0.1, 0.15) is 37.8 Å². The number of nitrogens with one attached hydrogen (secondary N) is 1. The molecule has 0 saturated carbocycles. The van der Waals surface area contributed by atoms with Crippen molar-refractivity contribution in [1.29, 1.82) is 0 Å². The largest absolute Gasteiger partial charge is 0.319 e. The minimum Gasteiger partial charge on any atom is -0.319 e. The molecule has 1 aromatic carbocycles. The molecule has 2 nitrogen and oxygen atoms in total. The van der Waals surface area contributed by atoms with Gasteiger partial charge in [0, 0.05) is 6.04 Å². The molecule has 1 N–H and O–H groups in total. The Morgan fingerprint density at radius 1 is 1.45 bits per heavy atom. The Labute approximate surface area is 126 Å². The van der Waals surface area contributed by atoms with E-state index >= 15 is 0 Å². The zero-order valence-electron chi connectivity index (χ0n) is 12.3. The molecule has 112 valence electrons. The van der Waals surface area contributed by atoms with Gasteiger partial charge in [-0.05, 0) is 69.6 Å². The van der Waals surface area contributed by atoms with Crippen LogP contribution in [0.3, 0.4) is 0 Å². The molecule has 2 unspecified atom stereocenters. The lowest BCUT2D eigenvalue weighted by molar-refractivity contribution is 0.0922. The van der Waals surface area contributed by atoms with E-state index in [2.05, 4.69) is 17.1 Å². The number of piperidine rings is 1. The van der Waals surface area contributed by atoms with E-state index in [4.69, 9.17) is 11.6 Å². The molecule has 1 aliphatic heterocycles. The summed E-state index contributed by atoms with van der Waals surface area (Å²) in [4.78, 5) is 2.49. The van der Waals surface area contributed by atoms with Gasteiger partial charge in [0.25, 0.3) is 0 Å². The highest BCUT2D eigenvalue weighted by Crippen LogP contribution is 2.36. The fourth-order valence-corrected chi connectivity index (χ4v) is 3.46. The van der Waals surface area contributed by atoms with Crippen LogP contribution in [0.15, 0.2) is 18.2 Å². The second-order valence-corrected chi connectivity index (χ2v) is 6.02. The van der Waals surface area contributed by atoms with Gasteiger partial charge in [0.2, 0.25) is 0 Å². The molecular weight excluding hydrogens is 275 g/mol. The van der Waals surface area contributed by atoms with Gasteiger partial charge < -0.3 is 5.32 Å². The second-order valence-electron chi connectivity index (χ2n) is 5.61. The van der Waals surface area contributed by atoms with E-state index in [1.807, 2.05) is 13.1 Å². The van der Waals surface area contributed by atoms with Crippen LogP contribution in [0.2, 0.25) is 5.02 Å². The molecule has 1 saturated heterocycles. The van der Waals surface area contributed by atoms with E-state index in [0.717, 1.165) is 31.6 Å². The van der Waals surface area contributed by atoms with Crippen molar-refractivity contribution in [1.82, 2.24) is 10.2 Å². The molecule has 0 spiro atoms. The fraction of sp³-hybridized carbons (Fsp3) is 0.625. The summed E-state index contributed by atoms with van der Waals surface area (Å²) < 4.78 is 13.8. The van der Waals surface area contributed by atoms with Gasteiger partial charge in [0.05, 0.1) is 5.02 Å². The molecule has 20 heavy (non-hydrogen) atoms. The lowest BCUT2D eigenvalue weighted by atomic mass is 9.84. The normalized spacial score (nSPS) is 24.0. The van der Waals surface area contributed by atoms with E-state index in [1.54, 1.807) is 12.1 Å². The number of hydrogen-bond acceptors (Lipinski definition) is 2. The van der Waals surface area contributed by atoms with E-state index < -0.39 is 0 Å². The van der Waals surface area contributed by atoms with Crippen molar-refractivity contribution in [2.75, 3.05) is 26.7 Å². The van der Waals surface area contributed by atoms with Crippen LogP contribution in [0.25, 0.3) is 0 Å². The number of benzene rings is 1. The lowest BCUT2D eigenvalue weighted by Gasteiger charge is -2.42. The first-order valence-corrected chi connectivity index (χ1v) is 7.88. The van der Waals surface area contributed by atoms with Crippen LogP contribution < -0.4 is 5.32 Å². The van der Waals surface area contributed by atoms with Crippen molar-refractivity contribution < 1.29 is 4.39 Å². The Morgan fingerprint density at radius 3 is 2.90 bits per heavy atom. The van der Waals surface area contributed by atoms with Gasteiger partial charge in [-0.25, -0.2) is 4.39 Å². The third-order valence-electron chi connectivity index (χ3n) is 4.12. The first kappa shape index (κ1) is 15.7. The SMILES string of the molecule is CCCN1CCCC(CNC)C1c1ccc(Cl)c(F)c1. The molecule has 2 atom stereocenters.